The topological polar surface area (TPSA) is 138 Å². The molecule has 44 heavy (non-hydrogen) atoms. The summed E-state index contributed by atoms with van der Waals surface area (Å²) in [5, 5.41) is 19.1. The Morgan fingerprint density at radius 3 is 1.00 bits per heavy atom. The molecule has 1 aliphatic rings. The van der Waals surface area contributed by atoms with E-state index in [4.69, 9.17) is 0 Å². The van der Waals surface area contributed by atoms with Crippen molar-refractivity contribution >= 4 is 11.9 Å². The number of aromatic amines is 4. The van der Waals surface area contributed by atoms with Crippen LogP contribution in [0.5, 0.6) is 0 Å². The molecule has 4 aromatic rings. The third-order valence-corrected chi connectivity index (χ3v) is 9.88. The molecule has 0 fully saturated rings. The van der Waals surface area contributed by atoms with Gasteiger partial charge in [-0.1, -0.05) is 26.7 Å². The smallest absolute Gasteiger partial charge is 0.303 e. The summed E-state index contributed by atoms with van der Waals surface area (Å²) < 4.78 is 0. The molecule has 0 amide bonds. The summed E-state index contributed by atoms with van der Waals surface area (Å²) in [5.74, 6) is -1.60. The molecule has 6 N–H and O–H groups in total. The molecule has 236 valence electrons. The third-order valence-electron chi connectivity index (χ3n) is 9.88. The second-order valence-corrected chi connectivity index (χ2v) is 12.7. The first-order chi connectivity index (χ1) is 21.0. The molecule has 0 aromatic carbocycles. The van der Waals surface area contributed by atoms with E-state index in [0.717, 1.165) is 83.6 Å². The fraction of sp³-hybridized carbons (Fsp3) is 0.500. The summed E-state index contributed by atoms with van der Waals surface area (Å²) in [4.78, 5) is 38.4. The number of carboxylic acid groups (broad SMARTS) is 2. The first-order valence-electron chi connectivity index (χ1n) is 16.2. The Morgan fingerprint density at radius 2 is 0.727 bits per heavy atom. The standard InChI is InChI=1S/C36H48N4O4/c1-7-9-23-19(3)27-15-28-21(5)25(11-13-35(41)42)31(37-28)17-30-22(6)26(12-14-36(43)44)32(39-30)16-29-20(4)24(10-8-2)34(40-29)18-33(23)38-27/h37-40H,7-18H2,1-6H3,(H,41,42)(H,43,44). The van der Waals surface area contributed by atoms with E-state index in [2.05, 4.69) is 61.5 Å². The molecule has 1 aliphatic heterocycles. The molecule has 0 atom stereocenters. The highest BCUT2D eigenvalue weighted by Crippen LogP contribution is 2.33. The van der Waals surface area contributed by atoms with E-state index in [1.165, 1.54) is 45.0 Å². The summed E-state index contributed by atoms with van der Waals surface area (Å²) in [6.07, 6.45) is 8.06. The molecule has 0 radical (unpaired) electrons. The Bertz CT molecular complexity index is 1690. The van der Waals surface area contributed by atoms with Gasteiger partial charge in [-0.15, -0.1) is 0 Å². The normalized spacial score (nSPS) is 13.0. The van der Waals surface area contributed by atoms with Crippen molar-refractivity contribution in [2.45, 2.75) is 119 Å². The lowest BCUT2D eigenvalue weighted by Gasteiger charge is -2.07. The quantitative estimate of drug-likeness (QED) is 0.104. The number of H-pyrrole nitrogens is 4. The van der Waals surface area contributed by atoms with Gasteiger partial charge < -0.3 is 30.1 Å². The zero-order valence-corrected chi connectivity index (χ0v) is 27.2. The van der Waals surface area contributed by atoms with Gasteiger partial charge in [0.05, 0.1) is 0 Å². The van der Waals surface area contributed by atoms with Crippen molar-refractivity contribution < 1.29 is 19.8 Å². The molecule has 8 nitrogen and oxygen atoms in total. The van der Waals surface area contributed by atoms with Crippen LogP contribution in [-0.2, 0) is 61.0 Å². The lowest BCUT2D eigenvalue weighted by atomic mass is 9.96. The number of carboxylic acids is 2. The number of fused-ring (bicyclic) bond motifs is 8. The molecule has 0 saturated heterocycles. The van der Waals surface area contributed by atoms with E-state index in [0.29, 0.717) is 25.7 Å². The Labute approximate surface area is 260 Å². The molecule has 4 aromatic heterocycles. The predicted octanol–water partition coefficient (Wildman–Crippen LogP) is 6.85. The number of rotatable bonds is 10. The molecule has 5 rings (SSSR count). The van der Waals surface area contributed by atoms with Gasteiger partial charge in [0, 0.05) is 84.1 Å². The van der Waals surface area contributed by atoms with Gasteiger partial charge in [0.25, 0.3) is 0 Å². The highest BCUT2D eigenvalue weighted by Gasteiger charge is 2.25. The lowest BCUT2D eigenvalue weighted by Crippen LogP contribution is -2.02. The number of nitrogens with one attached hydrogen (secondary N) is 4. The van der Waals surface area contributed by atoms with E-state index < -0.39 is 11.9 Å². The second-order valence-electron chi connectivity index (χ2n) is 12.7. The molecule has 0 aliphatic carbocycles. The molecular weight excluding hydrogens is 552 g/mol. The summed E-state index contributed by atoms with van der Waals surface area (Å²) in [5.41, 5.74) is 19.0. The predicted molar refractivity (Wildman–Crippen MR) is 173 cm³/mol. The van der Waals surface area contributed by atoms with Crippen molar-refractivity contribution in [3.8, 4) is 0 Å². The van der Waals surface area contributed by atoms with Gasteiger partial charge in [-0.05, 0) is 97.9 Å². The van der Waals surface area contributed by atoms with Crippen molar-refractivity contribution in [1.82, 2.24) is 19.9 Å². The van der Waals surface area contributed by atoms with E-state index in [1.807, 2.05) is 0 Å². The maximum absolute atomic E-state index is 11.6. The van der Waals surface area contributed by atoms with Crippen molar-refractivity contribution in [2.75, 3.05) is 0 Å². The largest absolute Gasteiger partial charge is 0.481 e. The number of aromatic nitrogens is 4. The SMILES string of the molecule is CCCc1c2[nH]c(c1C)Cc1[nH]c(c(CCC(=O)O)c1C)Cc1[nH]c(c(CCC(=O)O)c1C)Cc1[nH]c(c(CCC)c1C)C2. The van der Waals surface area contributed by atoms with Gasteiger partial charge in [0.2, 0.25) is 0 Å². The molecule has 0 unspecified atom stereocenters. The average Bonchev–Trinajstić information content (AvgIpc) is 3.62. The van der Waals surface area contributed by atoms with Gasteiger partial charge in [-0.2, -0.15) is 0 Å². The fourth-order valence-corrected chi connectivity index (χ4v) is 7.37. The van der Waals surface area contributed by atoms with Crippen LogP contribution < -0.4 is 0 Å². The molecule has 5 heterocycles. The Hall–Kier alpha value is -3.94. The van der Waals surface area contributed by atoms with Crippen LogP contribution in [0, 0.1) is 27.7 Å². The second kappa shape index (κ2) is 13.0. The first-order valence-corrected chi connectivity index (χ1v) is 16.2. The highest BCUT2D eigenvalue weighted by atomic mass is 16.4. The van der Waals surface area contributed by atoms with Crippen LogP contribution >= 0.6 is 0 Å². The van der Waals surface area contributed by atoms with Gasteiger partial charge >= 0.3 is 11.9 Å². The maximum atomic E-state index is 11.6. The van der Waals surface area contributed by atoms with Gasteiger partial charge in [-0.3, -0.25) is 9.59 Å². The molecule has 0 spiro atoms. The van der Waals surface area contributed by atoms with Crippen molar-refractivity contribution in [3.63, 3.8) is 0 Å². The van der Waals surface area contributed by atoms with Crippen LogP contribution in [0.25, 0.3) is 0 Å². The Balaban J connectivity index is 1.71. The zero-order valence-electron chi connectivity index (χ0n) is 27.2. The molecular formula is C36H48N4O4. The average molecular weight is 601 g/mol. The first kappa shape index (κ1) is 31.5. The van der Waals surface area contributed by atoms with Crippen LogP contribution in [0.1, 0.15) is 130 Å². The van der Waals surface area contributed by atoms with Gasteiger partial charge in [-0.25, -0.2) is 0 Å². The van der Waals surface area contributed by atoms with Crippen molar-refractivity contribution in [1.29, 1.82) is 0 Å². The number of hydrogen-bond donors (Lipinski definition) is 6. The summed E-state index contributed by atoms with van der Waals surface area (Å²) in [6.45, 7) is 13.1. The van der Waals surface area contributed by atoms with E-state index >= 15 is 0 Å². The Kier molecular flexibility index (Phi) is 9.28. The van der Waals surface area contributed by atoms with Crippen LogP contribution in [0.15, 0.2) is 0 Å². The molecule has 0 saturated carbocycles. The van der Waals surface area contributed by atoms with Gasteiger partial charge in [0.1, 0.15) is 0 Å². The minimum atomic E-state index is -0.803. The third kappa shape index (κ3) is 6.17. The number of hydrogen-bond acceptors (Lipinski definition) is 2. The molecule has 8 bridgehead atoms. The van der Waals surface area contributed by atoms with Crippen LogP contribution in [-0.4, -0.2) is 42.1 Å². The summed E-state index contributed by atoms with van der Waals surface area (Å²) in [7, 11) is 0. The van der Waals surface area contributed by atoms with Crippen LogP contribution in [0.4, 0.5) is 0 Å². The van der Waals surface area contributed by atoms with Crippen LogP contribution in [0.3, 0.4) is 0 Å². The highest BCUT2D eigenvalue weighted by molar-refractivity contribution is 5.68. The Morgan fingerprint density at radius 1 is 0.477 bits per heavy atom. The summed E-state index contributed by atoms with van der Waals surface area (Å²) >= 11 is 0. The lowest BCUT2D eigenvalue weighted by molar-refractivity contribution is -0.138. The van der Waals surface area contributed by atoms with E-state index in [-0.39, 0.29) is 12.8 Å². The number of carbonyl (C=O) groups is 2. The van der Waals surface area contributed by atoms with Gasteiger partial charge in [0.15, 0.2) is 0 Å². The zero-order chi connectivity index (χ0) is 31.7. The maximum Gasteiger partial charge on any atom is 0.303 e. The number of aliphatic carboxylic acids is 2. The van der Waals surface area contributed by atoms with Crippen LogP contribution in [0.2, 0.25) is 0 Å². The monoisotopic (exact) mass is 600 g/mol. The summed E-state index contributed by atoms with van der Waals surface area (Å²) in [6, 6.07) is 0. The van der Waals surface area contributed by atoms with Crippen molar-refractivity contribution in [2.24, 2.45) is 0 Å². The van der Waals surface area contributed by atoms with E-state index in [1.54, 1.807) is 0 Å². The molecule has 8 heteroatoms. The van der Waals surface area contributed by atoms with E-state index in [9.17, 15) is 19.8 Å². The minimum Gasteiger partial charge on any atom is -0.481 e. The fourth-order valence-electron chi connectivity index (χ4n) is 7.37. The van der Waals surface area contributed by atoms with Crippen molar-refractivity contribution in [3.05, 3.63) is 90.1 Å². The minimum absolute atomic E-state index is 0.0740.